The molecule has 0 atom stereocenters. The molecule has 2 rings (SSSR count). The highest BCUT2D eigenvalue weighted by Gasteiger charge is 2.10. The third-order valence-electron chi connectivity index (χ3n) is 2.51. The average molecular weight is 385 g/mol. The molecule has 0 aromatic heterocycles. The summed E-state index contributed by atoms with van der Waals surface area (Å²) < 4.78 is 1.72. The summed E-state index contributed by atoms with van der Waals surface area (Å²) in [4.78, 5) is 11.3. The average Bonchev–Trinajstić information content (AvgIpc) is 2.32. The van der Waals surface area contributed by atoms with E-state index in [4.69, 9.17) is 11.5 Å². The number of primary amides is 1. The van der Waals surface area contributed by atoms with Crippen LogP contribution in [0.15, 0.2) is 45.3 Å². The molecule has 0 saturated heterocycles. The fourth-order valence-corrected chi connectivity index (χ4v) is 2.48. The molecule has 2 aromatic carbocycles. The van der Waals surface area contributed by atoms with Crippen LogP contribution in [0.4, 0.5) is 17.1 Å². The van der Waals surface area contributed by atoms with Gasteiger partial charge in [0.15, 0.2) is 0 Å². The fourth-order valence-electron chi connectivity index (χ4n) is 1.62. The van der Waals surface area contributed by atoms with Crippen molar-refractivity contribution in [2.24, 2.45) is 5.73 Å². The van der Waals surface area contributed by atoms with Crippen molar-refractivity contribution in [3.05, 3.63) is 50.9 Å². The van der Waals surface area contributed by atoms with E-state index in [-0.39, 0.29) is 0 Å². The molecule has 0 aliphatic carbocycles. The normalized spacial score (nSPS) is 10.2. The minimum absolute atomic E-state index is 0.292. The maximum absolute atomic E-state index is 11.3. The monoisotopic (exact) mass is 383 g/mol. The molecule has 0 aliphatic heterocycles. The zero-order valence-corrected chi connectivity index (χ0v) is 13.0. The van der Waals surface area contributed by atoms with Crippen molar-refractivity contribution in [2.45, 2.75) is 0 Å². The molecule has 0 heterocycles. The van der Waals surface area contributed by atoms with Crippen LogP contribution in [0.5, 0.6) is 0 Å². The van der Waals surface area contributed by atoms with Crippen LogP contribution in [-0.4, -0.2) is 5.91 Å². The summed E-state index contributed by atoms with van der Waals surface area (Å²) in [6, 6.07) is 11.0. The lowest BCUT2D eigenvalue weighted by Crippen LogP contribution is -2.14. The number of hydrogen-bond donors (Lipinski definition) is 3. The van der Waals surface area contributed by atoms with Gasteiger partial charge in [0, 0.05) is 20.3 Å². The zero-order chi connectivity index (χ0) is 14.0. The Balaban J connectivity index is 2.40. The number of hydrogen-bond acceptors (Lipinski definition) is 3. The molecule has 0 radical (unpaired) electrons. The van der Waals surface area contributed by atoms with Crippen molar-refractivity contribution >= 4 is 54.8 Å². The number of halogens is 2. The Kier molecular flexibility index (Phi) is 4.11. The standard InChI is InChI=1S/C13H11Br2N3O/c14-7-2-1-3-8(4-7)18-12-5-9(13(17)19)11(16)6-10(12)15/h1-6,18H,16H2,(H2,17,19). The first-order valence-electron chi connectivity index (χ1n) is 5.39. The Morgan fingerprint density at radius 3 is 2.53 bits per heavy atom. The van der Waals surface area contributed by atoms with Crippen LogP contribution in [0.1, 0.15) is 10.4 Å². The molecule has 98 valence electrons. The Hall–Kier alpha value is -1.53. The first kappa shape index (κ1) is 13.9. The first-order chi connectivity index (χ1) is 8.97. The summed E-state index contributed by atoms with van der Waals surface area (Å²) in [5.41, 5.74) is 13.3. The second kappa shape index (κ2) is 5.63. The van der Waals surface area contributed by atoms with Crippen LogP contribution < -0.4 is 16.8 Å². The summed E-state index contributed by atoms with van der Waals surface area (Å²) in [6.07, 6.45) is 0. The van der Waals surface area contributed by atoms with Crippen molar-refractivity contribution in [1.82, 2.24) is 0 Å². The Morgan fingerprint density at radius 1 is 1.16 bits per heavy atom. The highest BCUT2D eigenvalue weighted by molar-refractivity contribution is 9.10. The molecule has 0 bridgehead atoms. The third-order valence-corrected chi connectivity index (χ3v) is 3.66. The van der Waals surface area contributed by atoms with E-state index >= 15 is 0 Å². The van der Waals surface area contributed by atoms with Crippen molar-refractivity contribution in [2.75, 3.05) is 11.1 Å². The highest BCUT2D eigenvalue weighted by Crippen LogP contribution is 2.31. The number of nitrogens with two attached hydrogens (primary N) is 2. The van der Waals surface area contributed by atoms with Gasteiger partial charge >= 0.3 is 0 Å². The Labute approximate surface area is 127 Å². The van der Waals surface area contributed by atoms with Gasteiger partial charge in [0.2, 0.25) is 0 Å². The van der Waals surface area contributed by atoms with Crippen LogP contribution in [-0.2, 0) is 0 Å². The maximum Gasteiger partial charge on any atom is 0.250 e. The molecule has 6 heteroatoms. The molecule has 2 aromatic rings. The molecule has 0 unspecified atom stereocenters. The minimum atomic E-state index is -0.553. The topological polar surface area (TPSA) is 81.1 Å². The predicted molar refractivity (Wildman–Crippen MR) is 84.5 cm³/mol. The van der Waals surface area contributed by atoms with Gasteiger partial charge in [-0.3, -0.25) is 4.79 Å². The lowest BCUT2D eigenvalue weighted by atomic mass is 10.1. The lowest BCUT2D eigenvalue weighted by Gasteiger charge is -2.12. The maximum atomic E-state index is 11.3. The van der Waals surface area contributed by atoms with E-state index in [2.05, 4.69) is 37.2 Å². The van der Waals surface area contributed by atoms with Gasteiger partial charge in [0.25, 0.3) is 5.91 Å². The summed E-state index contributed by atoms with van der Waals surface area (Å²) in [5.74, 6) is -0.553. The van der Waals surface area contributed by atoms with Gasteiger partial charge in [-0.05, 0) is 46.3 Å². The second-order valence-corrected chi connectivity index (χ2v) is 5.69. The smallest absolute Gasteiger partial charge is 0.250 e. The SMILES string of the molecule is NC(=O)c1cc(Nc2cccc(Br)c2)c(Br)cc1N. The molecule has 4 nitrogen and oxygen atoms in total. The van der Waals surface area contributed by atoms with Gasteiger partial charge in [-0.25, -0.2) is 0 Å². The summed E-state index contributed by atoms with van der Waals surface area (Å²) in [5, 5.41) is 3.20. The highest BCUT2D eigenvalue weighted by atomic mass is 79.9. The molecule has 0 aliphatic rings. The summed E-state index contributed by atoms with van der Waals surface area (Å²) in [7, 11) is 0. The van der Waals surface area contributed by atoms with Crippen LogP contribution in [0, 0.1) is 0 Å². The number of carbonyl (C=O) groups excluding carboxylic acids is 1. The first-order valence-corrected chi connectivity index (χ1v) is 6.97. The van der Waals surface area contributed by atoms with Gasteiger partial charge in [-0.1, -0.05) is 22.0 Å². The summed E-state index contributed by atoms with van der Waals surface area (Å²) in [6.45, 7) is 0. The number of amides is 1. The molecule has 19 heavy (non-hydrogen) atoms. The van der Waals surface area contributed by atoms with Crippen LogP contribution in [0.3, 0.4) is 0 Å². The molecule has 1 amide bonds. The number of benzene rings is 2. The van der Waals surface area contributed by atoms with E-state index in [9.17, 15) is 4.79 Å². The summed E-state index contributed by atoms with van der Waals surface area (Å²) >= 11 is 6.80. The molecule has 5 N–H and O–H groups in total. The quantitative estimate of drug-likeness (QED) is 0.706. The van der Waals surface area contributed by atoms with E-state index in [0.717, 1.165) is 20.3 Å². The number of nitrogen functional groups attached to an aromatic ring is 1. The molecular weight excluding hydrogens is 374 g/mol. The van der Waals surface area contributed by atoms with Gasteiger partial charge < -0.3 is 16.8 Å². The third kappa shape index (κ3) is 3.27. The molecule has 0 spiro atoms. The van der Waals surface area contributed by atoms with Gasteiger partial charge in [0.1, 0.15) is 0 Å². The van der Waals surface area contributed by atoms with Crippen molar-refractivity contribution < 1.29 is 4.79 Å². The predicted octanol–water partition coefficient (Wildman–Crippen LogP) is 3.64. The fraction of sp³-hybridized carbons (Fsp3) is 0. The van der Waals surface area contributed by atoms with Crippen molar-refractivity contribution in [3.8, 4) is 0 Å². The number of nitrogens with one attached hydrogen (secondary N) is 1. The minimum Gasteiger partial charge on any atom is -0.398 e. The molecule has 0 fully saturated rings. The van der Waals surface area contributed by atoms with Crippen molar-refractivity contribution in [3.63, 3.8) is 0 Å². The lowest BCUT2D eigenvalue weighted by molar-refractivity contribution is 0.100. The van der Waals surface area contributed by atoms with Gasteiger partial charge in [-0.2, -0.15) is 0 Å². The van der Waals surface area contributed by atoms with Crippen LogP contribution in [0.2, 0.25) is 0 Å². The largest absolute Gasteiger partial charge is 0.398 e. The van der Waals surface area contributed by atoms with E-state index in [0.29, 0.717) is 11.3 Å². The zero-order valence-electron chi connectivity index (χ0n) is 9.78. The van der Waals surface area contributed by atoms with E-state index < -0.39 is 5.91 Å². The Bertz CT molecular complexity index is 644. The molecule has 0 saturated carbocycles. The Morgan fingerprint density at radius 2 is 1.89 bits per heavy atom. The van der Waals surface area contributed by atoms with Crippen molar-refractivity contribution in [1.29, 1.82) is 0 Å². The van der Waals surface area contributed by atoms with Crippen LogP contribution in [0.25, 0.3) is 0 Å². The molecular formula is C13H11Br2N3O. The number of rotatable bonds is 3. The number of carbonyl (C=O) groups is 1. The van der Waals surface area contributed by atoms with Gasteiger partial charge in [0.05, 0.1) is 11.3 Å². The van der Waals surface area contributed by atoms with E-state index in [1.54, 1.807) is 12.1 Å². The second-order valence-electron chi connectivity index (χ2n) is 3.92. The number of anilines is 3. The van der Waals surface area contributed by atoms with Crippen LogP contribution >= 0.6 is 31.9 Å². The van der Waals surface area contributed by atoms with E-state index in [1.807, 2.05) is 24.3 Å². The van der Waals surface area contributed by atoms with E-state index in [1.165, 1.54) is 0 Å². The van der Waals surface area contributed by atoms with Gasteiger partial charge in [-0.15, -0.1) is 0 Å².